The van der Waals surface area contributed by atoms with Crippen molar-refractivity contribution in [3.8, 4) is 11.5 Å². The molecule has 0 unspecified atom stereocenters. The molecule has 2 amide bonds. The predicted octanol–water partition coefficient (Wildman–Crippen LogP) is 2.35. The van der Waals surface area contributed by atoms with Crippen molar-refractivity contribution >= 4 is 11.8 Å². The van der Waals surface area contributed by atoms with Crippen LogP contribution in [0.4, 0.5) is 0 Å². The largest absolute Gasteiger partial charge is 0.493 e. The molecule has 162 valence electrons. The number of benzene rings is 2. The van der Waals surface area contributed by atoms with Gasteiger partial charge in [0.1, 0.15) is 6.61 Å². The highest BCUT2D eigenvalue weighted by molar-refractivity contribution is 5.81. The zero-order chi connectivity index (χ0) is 21.9. The minimum atomic E-state index is -0.154. The molecule has 0 fully saturated rings. The van der Waals surface area contributed by atoms with Crippen LogP contribution in [0.2, 0.25) is 0 Å². The molecule has 0 spiro atoms. The monoisotopic (exact) mass is 413 g/mol. The molecular weight excluding hydrogens is 382 g/mol. The SMILES string of the molecule is COc1cc(CNC(=O)CN(C)CC(=O)NC(C)C)ccc1OCc1ccccc1. The van der Waals surface area contributed by atoms with Crippen molar-refractivity contribution in [2.45, 2.75) is 33.0 Å². The Hall–Kier alpha value is -3.06. The molecule has 0 saturated heterocycles. The molecule has 0 aliphatic rings. The van der Waals surface area contributed by atoms with Crippen LogP contribution in [0, 0.1) is 0 Å². The molecule has 2 rings (SSSR count). The van der Waals surface area contributed by atoms with Gasteiger partial charge in [-0.1, -0.05) is 36.4 Å². The minimum Gasteiger partial charge on any atom is -0.493 e. The maximum Gasteiger partial charge on any atom is 0.234 e. The average molecular weight is 414 g/mol. The Kier molecular flexibility index (Phi) is 9.15. The van der Waals surface area contributed by atoms with E-state index in [2.05, 4.69) is 10.6 Å². The van der Waals surface area contributed by atoms with E-state index in [9.17, 15) is 9.59 Å². The van der Waals surface area contributed by atoms with Crippen molar-refractivity contribution in [1.82, 2.24) is 15.5 Å². The van der Waals surface area contributed by atoms with Crippen LogP contribution >= 0.6 is 0 Å². The van der Waals surface area contributed by atoms with E-state index in [4.69, 9.17) is 9.47 Å². The second kappa shape index (κ2) is 11.8. The van der Waals surface area contributed by atoms with Gasteiger partial charge in [-0.3, -0.25) is 14.5 Å². The highest BCUT2D eigenvalue weighted by Crippen LogP contribution is 2.28. The first kappa shape index (κ1) is 23.2. The van der Waals surface area contributed by atoms with Gasteiger partial charge in [0.05, 0.1) is 20.2 Å². The molecule has 7 heteroatoms. The summed E-state index contributed by atoms with van der Waals surface area (Å²) in [5, 5.41) is 5.67. The highest BCUT2D eigenvalue weighted by Gasteiger charge is 2.12. The number of likely N-dealkylation sites (N-methyl/N-ethyl adjacent to an activating group) is 1. The van der Waals surface area contributed by atoms with Crippen molar-refractivity contribution in [2.75, 3.05) is 27.2 Å². The van der Waals surface area contributed by atoms with Crippen LogP contribution in [0.15, 0.2) is 48.5 Å². The van der Waals surface area contributed by atoms with Crippen molar-refractivity contribution in [1.29, 1.82) is 0 Å². The van der Waals surface area contributed by atoms with Crippen molar-refractivity contribution in [2.24, 2.45) is 0 Å². The molecule has 0 atom stereocenters. The van der Waals surface area contributed by atoms with E-state index < -0.39 is 0 Å². The van der Waals surface area contributed by atoms with E-state index in [0.717, 1.165) is 11.1 Å². The van der Waals surface area contributed by atoms with E-state index in [-0.39, 0.29) is 30.9 Å². The topological polar surface area (TPSA) is 79.9 Å². The van der Waals surface area contributed by atoms with Gasteiger partial charge in [-0.25, -0.2) is 0 Å². The third kappa shape index (κ3) is 8.13. The van der Waals surface area contributed by atoms with E-state index in [1.165, 1.54) is 0 Å². The number of nitrogens with zero attached hydrogens (tertiary/aromatic N) is 1. The van der Waals surface area contributed by atoms with Crippen molar-refractivity contribution in [3.63, 3.8) is 0 Å². The van der Waals surface area contributed by atoms with Crippen LogP contribution < -0.4 is 20.1 Å². The molecule has 0 aromatic heterocycles. The van der Waals surface area contributed by atoms with Crippen LogP contribution in [0.5, 0.6) is 11.5 Å². The molecule has 0 bridgehead atoms. The standard InChI is InChI=1S/C23H31N3O4/c1-17(2)25-23(28)15-26(3)14-22(27)24-13-19-10-11-20(21(12-19)29-4)30-16-18-8-6-5-7-9-18/h5-12,17H,13-16H2,1-4H3,(H,24,27)(H,25,28). The highest BCUT2D eigenvalue weighted by atomic mass is 16.5. The summed E-state index contributed by atoms with van der Waals surface area (Å²) in [7, 11) is 3.33. The van der Waals surface area contributed by atoms with Gasteiger partial charge in [-0.15, -0.1) is 0 Å². The van der Waals surface area contributed by atoms with Gasteiger partial charge in [0.2, 0.25) is 11.8 Å². The Labute approximate surface area is 178 Å². The number of carbonyl (C=O) groups is 2. The third-order valence-corrected chi connectivity index (χ3v) is 4.23. The Balaban J connectivity index is 1.83. The van der Waals surface area contributed by atoms with Gasteiger partial charge in [0, 0.05) is 12.6 Å². The van der Waals surface area contributed by atoms with Gasteiger partial charge in [0.15, 0.2) is 11.5 Å². The molecule has 0 heterocycles. The quantitative estimate of drug-likeness (QED) is 0.591. The first-order valence-corrected chi connectivity index (χ1v) is 9.95. The van der Waals surface area contributed by atoms with Gasteiger partial charge >= 0.3 is 0 Å². The maximum atomic E-state index is 12.2. The lowest BCUT2D eigenvalue weighted by Crippen LogP contribution is -2.42. The fraction of sp³-hybridized carbons (Fsp3) is 0.391. The van der Waals surface area contributed by atoms with E-state index in [1.807, 2.05) is 62.4 Å². The van der Waals surface area contributed by atoms with E-state index >= 15 is 0 Å². The van der Waals surface area contributed by atoms with Crippen molar-refractivity contribution < 1.29 is 19.1 Å². The smallest absolute Gasteiger partial charge is 0.234 e. The summed E-state index contributed by atoms with van der Waals surface area (Å²) in [6.45, 7) is 4.92. The molecule has 2 aromatic rings. The van der Waals surface area contributed by atoms with Crippen LogP contribution in [0.3, 0.4) is 0 Å². The maximum absolute atomic E-state index is 12.2. The molecule has 2 aromatic carbocycles. The summed E-state index contributed by atoms with van der Waals surface area (Å²) in [4.78, 5) is 25.6. The van der Waals surface area contributed by atoms with Gasteiger partial charge in [-0.05, 0) is 44.2 Å². The number of hydrogen-bond acceptors (Lipinski definition) is 5. The molecule has 30 heavy (non-hydrogen) atoms. The van der Waals surface area contributed by atoms with Gasteiger partial charge in [0.25, 0.3) is 0 Å². The zero-order valence-corrected chi connectivity index (χ0v) is 18.1. The molecule has 0 aliphatic carbocycles. The Morgan fingerprint density at radius 1 is 0.967 bits per heavy atom. The summed E-state index contributed by atoms with van der Waals surface area (Å²) in [6.07, 6.45) is 0. The summed E-state index contributed by atoms with van der Waals surface area (Å²) < 4.78 is 11.3. The molecular formula is C23H31N3O4. The number of ether oxygens (including phenoxy) is 2. The van der Waals surface area contributed by atoms with Gasteiger partial charge in [-0.2, -0.15) is 0 Å². The molecule has 0 saturated carbocycles. The van der Waals surface area contributed by atoms with Crippen LogP contribution in [0.1, 0.15) is 25.0 Å². The number of rotatable bonds is 11. The summed E-state index contributed by atoms with van der Waals surface area (Å²) in [6, 6.07) is 15.6. The van der Waals surface area contributed by atoms with Crippen LogP contribution in [-0.4, -0.2) is 50.0 Å². The number of hydrogen-bond donors (Lipinski definition) is 2. The zero-order valence-electron chi connectivity index (χ0n) is 18.1. The normalized spacial score (nSPS) is 10.7. The number of nitrogens with one attached hydrogen (secondary N) is 2. The molecule has 7 nitrogen and oxygen atoms in total. The van der Waals surface area contributed by atoms with Gasteiger partial charge < -0.3 is 20.1 Å². The van der Waals surface area contributed by atoms with Crippen LogP contribution in [0.25, 0.3) is 0 Å². The molecule has 0 aliphatic heterocycles. The average Bonchev–Trinajstić information content (AvgIpc) is 2.70. The number of amides is 2. The Bertz CT molecular complexity index is 824. The first-order valence-electron chi connectivity index (χ1n) is 9.95. The third-order valence-electron chi connectivity index (χ3n) is 4.23. The van der Waals surface area contributed by atoms with E-state index in [1.54, 1.807) is 19.1 Å². The fourth-order valence-electron chi connectivity index (χ4n) is 2.85. The summed E-state index contributed by atoms with van der Waals surface area (Å²) in [5.41, 5.74) is 1.97. The van der Waals surface area contributed by atoms with E-state index in [0.29, 0.717) is 24.7 Å². The molecule has 2 N–H and O–H groups in total. The Morgan fingerprint density at radius 2 is 1.67 bits per heavy atom. The lowest BCUT2D eigenvalue weighted by Gasteiger charge is -2.17. The second-order valence-corrected chi connectivity index (χ2v) is 7.43. The van der Waals surface area contributed by atoms with Crippen molar-refractivity contribution in [3.05, 3.63) is 59.7 Å². The summed E-state index contributed by atoms with van der Waals surface area (Å²) >= 11 is 0. The first-order chi connectivity index (χ1) is 14.4. The number of methoxy groups -OCH3 is 1. The van der Waals surface area contributed by atoms with Crippen LogP contribution in [-0.2, 0) is 22.7 Å². The summed E-state index contributed by atoms with van der Waals surface area (Å²) in [5.74, 6) is 1.00. The lowest BCUT2D eigenvalue weighted by atomic mass is 10.2. The lowest BCUT2D eigenvalue weighted by molar-refractivity contribution is -0.124. The second-order valence-electron chi connectivity index (χ2n) is 7.43. The molecule has 0 radical (unpaired) electrons. The number of carbonyl (C=O) groups excluding carboxylic acids is 2. The minimum absolute atomic E-state index is 0.0781. The predicted molar refractivity (Wildman–Crippen MR) is 116 cm³/mol. The fourth-order valence-corrected chi connectivity index (χ4v) is 2.85. The Morgan fingerprint density at radius 3 is 2.33 bits per heavy atom.